The Balaban J connectivity index is 3.42. The molecule has 0 unspecified atom stereocenters. The molecule has 0 radical (unpaired) electrons. The van der Waals surface area contributed by atoms with Gasteiger partial charge in [-0.2, -0.15) is 0 Å². The Morgan fingerprint density at radius 2 is 1.77 bits per heavy atom. The normalized spacial score (nSPS) is 11.5. The standard InChI is InChI=1S/C11H26N2/c1-5-11(6-2)10-13(4)9-8-12-7-3/h11-12H,5-10H2,1-4H3. The smallest absolute Gasteiger partial charge is 0.0104 e. The van der Waals surface area contributed by atoms with E-state index in [2.05, 4.69) is 38.0 Å². The van der Waals surface area contributed by atoms with Crippen molar-refractivity contribution in [1.29, 1.82) is 0 Å². The fourth-order valence-corrected chi connectivity index (χ4v) is 1.53. The minimum Gasteiger partial charge on any atom is -0.316 e. The summed E-state index contributed by atoms with van der Waals surface area (Å²) in [5, 5.41) is 3.35. The van der Waals surface area contributed by atoms with Crippen LogP contribution in [-0.4, -0.2) is 38.1 Å². The van der Waals surface area contributed by atoms with E-state index in [-0.39, 0.29) is 0 Å². The van der Waals surface area contributed by atoms with Crippen molar-refractivity contribution in [3.63, 3.8) is 0 Å². The fraction of sp³-hybridized carbons (Fsp3) is 1.00. The molecule has 0 heterocycles. The molecule has 0 aliphatic heterocycles. The lowest BCUT2D eigenvalue weighted by Crippen LogP contribution is -2.32. The van der Waals surface area contributed by atoms with Crippen molar-refractivity contribution in [1.82, 2.24) is 10.2 Å². The van der Waals surface area contributed by atoms with Crippen LogP contribution in [0.5, 0.6) is 0 Å². The lowest BCUT2D eigenvalue weighted by atomic mass is 10.0. The number of hydrogen-bond donors (Lipinski definition) is 1. The summed E-state index contributed by atoms with van der Waals surface area (Å²) in [6.07, 6.45) is 2.62. The predicted octanol–water partition coefficient (Wildman–Crippen LogP) is 1.96. The molecule has 0 saturated carbocycles. The minimum absolute atomic E-state index is 0.881. The molecule has 0 saturated heterocycles. The first-order valence-electron chi connectivity index (χ1n) is 5.63. The maximum absolute atomic E-state index is 3.35. The van der Waals surface area contributed by atoms with Crippen LogP contribution in [0.25, 0.3) is 0 Å². The highest BCUT2D eigenvalue weighted by atomic mass is 15.1. The average molecular weight is 186 g/mol. The largest absolute Gasteiger partial charge is 0.316 e. The molecule has 0 aliphatic carbocycles. The summed E-state index contributed by atoms with van der Waals surface area (Å²) in [5.74, 6) is 0.881. The van der Waals surface area contributed by atoms with E-state index in [0.29, 0.717) is 0 Å². The van der Waals surface area contributed by atoms with E-state index in [1.54, 1.807) is 0 Å². The summed E-state index contributed by atoms with van der Waals surface area (Å²) >= 11 is 0. The van der Waals surface area contributed by atoms with Gasteiger partial charge in [0.1, 0.15) is 0 Å². The predicted molar refractivity (Wildman–Crippen MR) is 60.1 cm³/mol. The molecule has 0 spiro atoms. The molecule has 0 atom stereocenters. The first-order chi connectivity index (χ1) is 6.24. The Morgan fingerprint density at radius 1 is 1.15 bits per heavy atom. The molecule has 0 rings (SSSR count). The van der Waals surface area contributed by atoms with Gasteiger partial charge in [-0.25, -0.2) is 0 Å². The number of nitrogens with one attached hydrogen (secondary N) is 1. The second-order valence-electron chi connectivity index (χ2n) is 3.80. The van der Waals surface area contributed by atoms with Gasteiger partial charge in [-0.05, 0) is 19.5 Å². The van der Waals surface area contributed by atoms with Crippen LogP contribution in [-0.2, 0) is 0 Å². The van der Waals surface area contributed by atoms with Crippen LogP contribution in [0.3, 0.4) is 0 Å². The van der Waals surface area contributed by atoms with Gasteiger partial charge in [0.2, 0.25) is 0 Å². The lowest BCUT2D eigenvalue weighted by Gasteiger charge is -2.22. The Morgan fingerprint density at radius 3 is 2.23 bits per heavy atom. The molecule has 13 heavy (non-hydrogen) atoms. The number of likely N-dealkylation sites (N-methyl/N-ethyl adjacent to an activating group) is 2. The van der Waals surface area contributed by atoms with Gasteiger partial charge in [-0.3, -0.25) is 0 Å². The highest BCUT2D eigenvalue weighted by Crippen LogP contribution is 2.08. The zero-order valence-corrected chi connectivity index (χ0v) is 9.77. The molecule has 0 aromatic rings. The quantitative estimate of drug-likeness (QED) is 0.583. The van der Waals surface area contributed by atoms with Gasteiger partial charge in [-0.15, -0.1) is 0 Å². The van der Waals surface area contributed by atoms with Gasteiger partial charge in [0.15, 0.2) is 0 Å². The topological polar surface area (TPSA) is 15.3 Å². The van der Waals surface area contributed by atoms with E-state index >= 15 is 0 Å². The van der Waals surface area contributed by atoms with Crippen LogP contribution in [0.2, 0.25) is 0 Å². The first kappa shape index (κ1) is 12.9. The minimum atomic E-state index is 0.881. The van der Waals surface area contributed by atoms with Gasteiger partial charge < -0.3 is 10.2 Å². The molecule has 0 bridgehead atoms. The third-order valence-electron chi connectivity index (χ3n) is 2.64. The fourth-order valence-electron chi connectivity index (χ4n) is 1.53. The number of nitrogens with zero attached hydrogens (tertiary/aromatic N) is 1. The first-order valence-corrected chi connectivity index (χ1v) is 5.63. The van der Waals surface area contributed by atoms with E-state index in [9.17, 15) is 0 Å². The van der Waals surface area contributed by atoms with Crippen molar-refractivity contribution in [3.05, 3.63) is 0 Å². The molecule has 80 valence electrons. The van der Waals surface area contributed by atoms with Gasteiger partial charge in [0.25, 0.3) is 0 Å². The maximum Gasteiger partial charge on any atom is 0.0104 e. The van der Waals surface area contributed by atoms with Crippen LogP contribution in [0.1, 0.15) is 33.6 Å². The number of rotatable bonds is 8. The Bertz CT molecular complexity index is 100. The number of hydrogen-bond acceptors (Lipinski definition) is 2. The van der Waals surface area contributed by atoms with E-state index in [0.717, 1.165) is 19.0 Å². The molecule has 0 fully saturated rings. The van der Waals surface area contributed by atoms with Gasteiger partial charge in [0.05, 0.1) is 0 Å². The van der Waals surface area contributed by atoms with Crippen LogP contribution in [0.15, 0.2) is 0 Å². The van der Waals surface area contributed by atoms with E-state index in [1.165, 1.54) is 25.9 Å². The molecule has 2 heteroatoms. The van der Waals surface area contributed by atoms with Crippen molar-refractivity contribution >= 4 is 0 Å². The van der Waals surface area contributed by atoms with Gasteiger partial charge >= 0.3 is 0 Å². The van der Waals surface area contributed by atoms with Gasteiger partial charge in [0, 0.05) is 19.6 Å². The molecule has 0 aromatic heterocycles. The maximum atomic E-state index is 3.35. The lowest BCUT2D eigenvalue weighted by molar-refractivity contribution is 0.267. The SMILES string of the molecule is CCNCCN(C)CC(CC)CC. The van der Waals surface area contributed by atoms with Crippen molar-refractivity contribution < 1.29 is 0 Å². The zero-order valence-electron chi connectivity index (χ0n) is 9.77. The summed E-state index contributed by atoms with van der Waals surface area (Å²) in [6, 6.07) is 0. The Kier molecular flexibility index (Phi) is 8.46. The third-order valence-corrected chi connectivity index (χ3v) is 2.64. The van der Waals surface area contributed by atoms with E-state index in [4.69, 9.17) is 0 Å². The van der Waals surface area contributed by atoms with Crippen LogP contribution in [0, 0.1) is 5.92 Å². The van der Waals surface area contributed by atoms with Crippen LogP contribution < -0.4 is 5.32 Å². The summed E-state index contributed by atoms with van der Waals surface area (Å²) in [4.78, 5) is 2.43. The van der Waals surface area contributed by atoms with Gasteiger partial charge in [-0.1, -0.05) is 33.6 Å². The van der Waals surface area contributed by atoms with E-state index in [1.807, 2.05) is 0 Å². The second kappa shape index (κ2) is 8.52. The molecule has 0 aliphatic rings. The summed E-state index contributed by atoms with van der Waals surface area (Å²) in [5.41, 5.74) is 0. The Labute approximate surface area is 83.7 Å². The molecule has 0 aromatic carbocycles. The van der Waals surface area contributed by atoms with Crippen LogP contribution in [0.4, 0.5) is 0 Å². The summed E-state index contributed by atoms with van der Waals surface area (Å²) in [7, 11) is 2.22. The van der Waals surface area contributed by atoms with Crippen LogP contribution >= 0.6 is 0 Å². The zero-order chi connectivity index (χ0) is 10.1. The van der Waals surface area contributed by atoms with Crippen molar-refractivity contribution in [2.75, 3.05) is 33.2 Å². The second-order valence-corrected chi connectivity index (χ2v) is 3.80. The van der Waals surface area contributed by atoms with Crippen molar-refractivity contribution in [2.24, 2.45) is 5.92 Å². The average Bonchev–Trinajstić information content (AvgIpc) is 2.14. The molecule has 0 amide bonds. The highest BCUT2D eigenvalue weighted by Gasteiger charge is 2.06. The summed E-state index contributed by atoms with van der Waals surface area (Å²) in [6.45, 7) is 11.3. The van der Waals surface area contributed by atoms with Crippen molar-refractivity contribution in [2.45, 2.75) is 33.6 Å². The highest BCUT2D eigenvalue weighted by molar-refractivity contribution is 4.61. The summed E-state index contributed by atoms with van der Waals surface area (Å²) < 4.78 is 0. The molecule has 1 N–H and O–H groups in total. The third kappa shape index (κ3) is 7.03. The van der Waals surface area contributed by atoms with E-state index < -0.39 is 0 Å². The monoisotopic (exact) mass is 186 g/mol. The molecular formula is C11H26N2. The molecular weight excluding hydrogens is 160 g/mol. The Hall–Kier alpha value is -0.0800. The van der Waals surface area contributed by atoms with Crippen molar-refractivity contribution in [3.8, 4) is 0 Å². The molecule has 2 nitrogen and oxygen atoms in total.